The molecule has 1 aliphatic heterocycles. The highest BCUT2D eigenvalue weighted by Crippen LogP contribution is 2.24. The SMILES string of the molecule is Cc1cc(C)nc(NC(C(=O)N2CCC[C@H]2C(=O)NC2CC2)C(C)C)c1. The number of carbonyl (C=O) groups is 2. The number of aryl methyl sites for hydroxylation is 2. The number of nitrogens with zero attached hydrogens (tertiary/aromatic N) is 2. The molecule has 6 nitrogen and oxygen atoms in total. The van der Waals surface area contributed by atoms with Gasteiger partial charge in [-0.15, -0.1) is 0 Å². The molecule has 2 N–H and O–H groups in total. The van der Waals surface area contributed by atoms with Crippen molar-refractivity contribution in [2.24, 2.45) is 5.92 Å². The van der Waals surface area contributed by atoms with Crippen molar-refractivity contribution >= 4 is 17.6 Å². The van der Waals surface area contributed by atoms with E-state index in [1.807, 2.05) is 39.8 Å². The van der Waals surface area contributed by atoms with E-state index >= 15 is 0 Å². The van der Waals surface area contributed by atoms with E-state index in [0.717, 1.165) is 36.9 Å². The maximum absolute atomic E-state index is 13.2. The normalized spacial score (nSPS) is 21.0. The molecule has 6 heteroatoms. The van der Waals surface area contributed by atoms with E-state index < -0.39 is 6.04 Å². The standard InChI is InChI=1S/C20H30N4O2/c1-12(2)18(23-17-11-13(3)10-14(4)21-17)20(26)24-9-5-6-16(24)19(25)22-15-7-8-15/h10-12,15-16,18H,5-9H2,1-4H3,(H,21,23)(H,22,25)/t16-,18?/m0/s1. The molecule has 1 aromatic rings. The van der Waals surface area contributed by atoms with Crippen molar-refractivity contribution < 1.29 is 9.59 Å². The Morgan fingerprint density at radius 2 is 1.92 bits per heavy atom. The highest BCUT2D eigenvalue weighted by atomic mass is 16.2. The largest absolute Gasteiger partial charge is 0.358 e. The topological polar surface area (TPSA) is 74.3 Å². The van der Waals surface area contributed by atoms with Gasteiger partial charge in [-0.25, -0.2) is 4.98 Å². The van der Waals surface area contributed by atoms with Gasteiger partial charge in [0, 0.05) is 18.3 Å². The number of aromatic nitrogens is 1. The molecule has 1 aliphatic carbocycles. The van der Waals surface area contributed by atoms with E-state index in [1.165, 1.54) is 0 Å². The highest BCUT2D eigenvalue weighted by Gasteiger charge is 2.39. The maximum Gasteiger partial charge on any atom is 0.246 e. The van der Waals surface area contributed by atoms with Gasteiger partial charge in [0.25, 0.3) is 0 Å². The van der Waals surface area contributed by atoms with Crippen LogP contribution in [0.2, 0.25) is 0 Å². The Bertz CT molecular complexity index is 664. The number of nitrogens with one attached hydrogen (secondary N) is 2. The number of hydrogen-bond acceptors (Lipinski definition) is 4. The Morgan fingerprint density at radius 1 is 1.19 bits per heavy atom. The molecule has 1 aromatic heterocycles. The smallest absolute Gasteiger partial charge is 0.246 e. The van der Waals surface area contributed by atoms with Crippen LogP contribution in [0.15, 0.2) is 12.1 Å². The van der Waals surface area contributed by atoms with Crippen molar-refractivity contribution in [3.8, 4) is 0 Å². The molecule has 2 atom stereocenters. The summed E-state index contributed by atoms with van der Waals surface area (Å²) in [5, 5.41) is 6.36. The fraction of sp³-hybridized carbons (Fsp3) is 0.650. The van der Waals surface area contributed by atoms with Crippen LogP contribution < -0.4 is 10.6 Å². The molecule has 2 aliphatic rings. The van der Waals surface area contributed by atoms with E-state index in [1.54, 1.807) is 4.90 Å². The van der Waals surface area contributed by atoms with Gasteiger partial charge < -0.3 is 15.5 Å². The molecule has 0 radical (unpaired) electrons. The quantitative estimate of drug-likeness (QED) is 0.819. The fourth-order valence-electron chi connectivity index (χ4n) is 3.59. The lowest BCUT2D eigenvalue weighted by molar-refractivity contribution is -0.139. The van der Waals surface area contributed by atoms with Crippen molar-refractivity contribution in [1.29, 1.82) is 0 Å². The lowest BCUT2D eigenvalue weighted by Gasteiger charge is -2.31. The van der Waals surface area contributed by atoms with Crippen LogP contribution in [0.5, 0.6) is 0 Å². The average molecular weight is 358 g/mol. The summed E-state index contributed by atoms with van der Waals surface area (Å²) in [5.74, 6) is 0.811. The van der Waals surface area contributed by atoms with Gasteiger partial charge in [-0.2, -0.15) is 0 Å². The summed E-state index contributed by atoms with van der Waals surface area (Å²) in [6, 6.07) is 3.56. The van der Waals surface area contributed by atoms with Crippen molar-refractivity contribution in [3.05, 3.63) is 23.4 Å². The van der Waals surface area contributed by atoms with Gasteiger partial charge in [-0.05, 0) is 63.1 Å². The molecule has 1 saturated carbocycles. The number of hydrogen-bond donors (Lipinski definition) is 2. The molecular weight excluding hydrogens is 328 g/mol. The number of likely N-dealkylation sites (tertiary alicyclic amines) is 1. The molecule has 3 rings (SSSR count). The Balaban J connectivity index is 1.73. The van der Waals surface area contributed by atoms with Gasteiger partial charge in [0.05, 0.1) is 0 Å². The predicted molar refractivity (Wildman–Crippen MR) is 102 cm³/mol. The molecule has 2 fully saturated rings. The minimum atomic E-state index is -0.391. The number of rotatable bonds is 6. The number of pyridine rings is 1. The van der Waals surface area contributed by atoms with Gasteiger partial charge >= 0.3 is 0 Å². The number of amides is 2. The van der Waals surface area contributed by atoms with E-state index in [-0.39, 0.29) is 23.8 Å². The van der Waals surface area contributed by atoms with Gasteiger partial charge in [0.2, 0.25) is 11.8 Å². The van der Waals surface area contributed by atoms with Gasteiger partial charge in [0.1, 0.15) is 17.9 Å². The molecule has 142 valence electrons. The molecule has 0 bridgehead atoms. The first-order chi connectivity index (χ1) is 12.3. The Hall–Kier alpha value is -2.11. The zero-order valence-corrected chi connectivity index (χ0v) is 16.2. The summed E-state index contributed by atoms with van der Waals surface area (Å²) in [5.41, 5.74) is 2.03. The monoisotopic (exact) mass is 358 g/mol. The molecule has 1 unspecified atom stereocenters. The van der Waals surface area contributed by atoms with Crippen LogP contribution in [0, 0.1) is 19.8 Å². The summed E-state index contributed by atoms with van der Waals surface area (Å²) in [4.78, 5) is 32.0. The zero-order chi connectivity index (χ0) is 18.8. The van der Waals surface area contributed by atoms with Gasteiger partial charge in [-0.1, -0.05) is 13.8 Å². The molecule has 0 spiro atoms. The van der Waals surface area contributed by atoms with E-state index in [4.69, 9.17) is 0 Å². The summed E-state index contributed by atoms with van der Waals surface area (Å²) in [6.07, 6.45) is 3.74. The van der Waals surface area contributed by atoms with Gasteiger partial charge in [0.15, 0.2) is 0 Å². The molecule has 1 saturated heterocycles. The van der Waals surface area contributed by atoms with Crippen molar-refractivity contribution in [1.82, 2.24) is 15.2 Å². The molecule has 2 heterocycles. The Kier molecular flexibility index (Phi) is 5.49. The molecular formula is C20H30N4O2. The first kappa shape index (κ1) is 18.7. The van der Waals surface area contributed by atoms with E-state index in [0.29, 0.717) is 18.4 Å². The second-order valence-electron chi connectivity index (χ2n) is 8.01. The second-order valence-corrected chi connectivity index (χ2v) is 8.01. The summed E-state index contributed by atoms with van der Waals surface area (Å²) >= 11 is 0. The maximum atomic E-state index is 13.2. The molecule has 26 heavy (non-hydrogen) atoms. The highest BCUT2D eigenvalue weighted by molar-refractivity contribution is 5.92. The van der Waals surface area contributed by atoms with Crippen LogP contribution >= 0.6 is 0 Å². The number of carbonyl (C=O) groups excluding carboxylic acids is 2. The lowest BCUT2D eigenvalue weighted by atomic mass is 10.0. The minimum absolute atomic E-state index is 0.00498. The Morgan fingerprint density at radius 3 is 2.54 bits per heavy atom. The first-order valence-electron chi connectivity index (χ1n) is 9.68. The third-order valence-electron chi connectivity index (χ3n) is 5.10. The Labute approximate surface area is 155 Å². The van der Waals surface area contributed by atoms with Crippen molar-refractivity contribution in [2.75, 3.05) is 11.9 Å². The van der Waals surface area contributed by atoms with Crippen LogP contribution in [0.4, 0.5) is 5.82 Å². The van der Waals surface area contributed by atoms with Crippen LogP contribution in [-0.4, -0.2) is 46.4 Å². The van der Waals surface area contributed by atoms with E-state index in [9.17, 15) is 9.59 Å². The average Bonchev–Trinajstić information content (AvgIpc) is 3.22. The molecule has 0 aromatic carbocycles. The van der Waals surface area contributed by atoms with E-state index in [2.05, 4.69) is 15.6 Å². The third kappa shape index (κ3) is 4.34. The predicted octanol–water partition coefficient (Wildman–Crippen LogP) is 2.40. The van der Waals surface area contributed by atoms with Crippen LogP contribution in [0.25, 0.3) is 0 Å². The summed E-state index contributed by atoms with van der Waals surface area (Å²) in [7, 11) is 0. The van der Waals surface area contributed by atoms with Crippen LogP contribution in [0.3, 0.4) is 0 Å². The lowest BCUT2D eigenvalue weighted by Crippen LogP contribution is -2.52. The fourth-order valence-corrected chi connectivity index (χ4v) is 3.59. The summed E-state index contributed by atoms with van der Waals surface area (Å²) < 4.78 is 0. The first-order valence-corrected chi connectivity index (χ1v) is 9.68. The van der Waals surface area contributed by atoms with Crippen LogP contribution in [-0.2, 0) is 9.59 Å². The van der Waals surface area contributed by atoms with Crippen molar-refractivity contribution in [2.45, 2.75) is 71.5 Å². The third-order valence-corrected chi connectivity index (χ3v) is 5.10. The minimum Gasteiger partial charge on any atom is -0.358 e. The number of anilines is 1. The summed E-state index contributed by atoms with van der Waals surface area (Å²) in [6.45, 7) is 8.65. The van der Waals surface area contributed by atoms with Gasteiger partial charge in [-0.3, -0.25) is 9.59 Å². The van der Waals surface area contributed by atoms with Crippen molar-refractivity contribution in [3.63, 3.8) is 0 Å². The van der Waals surface area contributed by atoms with Crippen LogP contribution in [0.1, 0.15) is 50.8 Å². The molecule has 2 amide bonds. The second kappa shape index (κ2) is 7.64. The zero-order valence-electron chi connectivity index (χ0n) is 16.2.